The summed E-state index contributed by atoms with van der Waals surface area (Å²) in [5, 5.41) is 15.0. The van der Waals surface area contributed by atoms with Crippen LogP contribution in [0.3, 0.4) is 0 Å². The van der Waals surface area contributed by atoms with Crippen molar-refractivity contribution in [1.82, 2.24) is 10.2 Å². The number of amides is 1. The summed E-state index contributed by atoms with van der Waals surface area (Å²) in [6, 6.07) is 23.4. The van der Waals surface area contributed by atoms with E-state index in [0.717, 1.165) is 35.6 Å². The molecule has 2 aliphatic rings. The van der Waals surface area contributed by atoms with Crippen molar-refractivity contribution >= 4 is 40.6 Å². The molecule has 0 spiro atoms. The van der Waals surface area contributed by atoms with E-state index in [0.29, 0.717) is 29.5 Å². The fourth-order valence-electron chi connectivity index (χ4n) is 4.58. The van der Waals surface area contributed by atoms with Gasteiger partial charge in [0.05, 0.1) is 41.6 Å². The maximum Gasteiger partial charge on any atom is 0.317 e. The molecule has 0 saturated carbocycles. The monoisotopic (exact) mass is 528 g/mol. The number of benzene rings is 3. The maximum atomic E-state index is 12.8. The van der Waals surface area contributed by atoms with Gasteiger partial charge in [0.2, 0.25) is 5.91 Å². The molecule has 1 unspecified atom stereocenters. The third kappa shape index (κ3) is 5.11. The zero-order valence-corrected chi connectivity index (χ0v) is 21.2. The first-order valence-electron chi connectivity index (χ1n) is 12.4. The summed E-state index contributed by atoms with van der Waals surface area (Å²) in [5.74, 6) is 0.103. The molecule has 0 aliphatic carbocycles. The normalized spacial score (nSPS) is 19.0. The van der Waals surface area contributed by atoms with Crippen molar-refractivity contribution < 1.29 is 13.9 Å². The molecule has 10 heteroatoms. The molecular weight excluding hydrogens is 504 g/mol. The van der Waals surface area contributed by atoms with Crippen molar-refractivity contribution in [3.05, 3.63) is 88.9 Å². The molecule has 192 valence electrons. The first-order valence-corrected chi connectivity index (χ1v) is 12.8. The van der Waals surface area contributed by atoms with Gasteiger partial charge < -0.3 is 24.7 Å². The smallest absolute Gasteiger partial charge is 0.317 e. The first-order chi connectivity index (χ1) is 18.6. The zero-order valence-electron chi connectivity index (χ0n) is 20.4. The van der Waals surface area contributed by atoms with Gasteiger partial charge in [0.15, 0.2) is 0 Å². The molecule has 38 heavy (non-hydrogen) atoms. The van der Waals surface area contributed by atoms with E-state index in [2.05, 4.69) is 25.7 Å². The number of aliphatic imine (C=N–C) groups is 1. The van der Waals surface area contributed by atoms with Crippen LogP contribution in [0.2, 0.25) is 5.02 Å². The lowest BCUT2D eigenvalue weighted by atomic mass is 9.99. The van der Waals surface area contributed by atoms with E-state index in [1.54, 1.807) is 0 Å². The van der Waals surface area contributed by atoms with Gasteiger partial charge in [-0.1, -0.05) is 65.2 Å². The van der Waals surface area contributed by atoms with Gasteiger partial charge in [-0.15, -0.1) is 5.10 Å². The number of morpholine rings is 1. The number of carbonyl (C=O) groups is 1. The number of carbonyl (C=O) groups excluding carboxylic acids is 1. The van der Waals surface area contributed by atoms with Gasteiger partial charge in [-0.05, 0) is 24.3 Å². The van der Waals surface area contributed by atoms with Crippen LogP contribution < -0.4 is 15.5 Å². The number of hydrogen-bond acceptors (Lipinski definition) is 8. The Morgan fingerprint density at radius 2 is 1.74 bits per heavy atom. The highest BCUT2D eigenvalue weighted by Gasteiger charge is 2.24. The summed E-state index contributed by atoms with van der Waals surface area (Å²) < 4.78 is 11.3. The lowest BCUT2D eigenvalue weighted by Crippen LogP contribution is -2.36. The van der Waals surface area contributed by atoms with E-state index in [4.69, 9.17) is 25.7 Å². The minimum absolute atomic E-state index is 0.0807. The summed E-state index contributed by atoms with van der Waals surface area (Å²) in [4.78, 5) is 19.9. The van der Waals surface area contributed by atoms with Crippen molar-refractivity contribution in [3.8, 4) is 11.5 Å². The average Bonchev–Trinajstić information content (AvgIpc) is 3.40. The van der Waals surface area contributed by atoms with Crippen LogP contribution in [-0.2, 0) is 9.53 Å². The number of fused-ring (bicyclic) bond motifs is 1. The number of anilines is 3. The Balaban J connectivity index is 1.28. The van der Waals surface area contributed by atoms with Gasteiger partial charge in [0.25, 0.3) is 5.89 Å². The Bertz CT molecular complexity index is 1480. The van der Waals surface area contributed by atoms with Gasteiger partial charge in [0.1, 0.15) is 6.17 Å². The maximum absolute atomic E-state index is 12.8. The fraction of sp³-hybridized carbons (Fsp3) is 0.214. The van der Waals surface area contributed by atoms with E-state index >= 15 is 0 Å². The Morgan fingerprint density at radius 1 is 0.947 bits per heavy atom. The molecule has 3 heterocycles. The second-order valence-corrected chi connectivity index (χ2v) is 9.38. The Kier molecular flexibility index (Phi) is 6.76. The number of halogens is 1. The van der Waals surface area contributed by atoms with Crippen LogP contribution in [0.5, 0.6) is 0 Å². The predicted molar refractivity (Wildman–Crippen MR) is 147 cm³/mol. The zero-order chi connectivity index (χ0) is 25.9. The molecule has 2 aliphatic heterocycles. The van der Waals surface area contributed by atoms with Gasteiger partial charge in [-0.2, -0.15) is 0 Å². The van der Waals surface area contributed by atoms with Crippen molar-refractivity contribution in [3.63, 3.8) is 0 Å². The lowest BCUT2D eigenvalue weighted by molar-refractivity contribution is -0.116. The quantitative estimate of drug-likeness (QED) is 0.381. The van der Waals surface area contributed by atoms with Crippen LogP contribution in [0.15, 0.2) is 82.2 Å². The summed E-state index contributed by atoms with van der Waals surface area (Å²) in [6.07, 6.45) is -0.553. The molecule has 9 nitrogen and oxygen atoms in total. The second-order valence-electron chi connectivity index (χ2n) is 8.98. The predicted octanol–water partition coefficient (Wildman–Crippen LogP) is 4.84. The van der Waals surface area contributed by atoms with Gasteiger partial charge in [0, 0.05) is 29.9 Å². The largest absolute Gasteiger partial charge is 0.403 e. The Morgan fingerprint density at radius 3 is 2.55 bits per heavy atom. The summed E-state index contributed by atoms with van der Waals surface area (Å²) in [5.41, 5.74) is 4.87. The Labute approximate surface area is 224 Å². The minimum Gasteiger partial charge on any atom is -0.403 e. The van der Waals surface area contributed by atoms with Crippen molar-refractivity contribution in [2.45, 2.75) is 12.6 Å². The van der Waals surface area contributed by atoms with Gasteiger partial charge in [-0.3, -0.25) is 9.79 Å². The number of aromatic nitrogens is 2. The van der Waals surface area contributed by atoms with Crippen LogP contribution in [0, 0.1) is 0 Å². The van der Waals surface area contributed by atoms with Crippen molar-refractivity contribution in [1.29, 1.82) is 0 Å². The number of hydrogen-bond donors (Lipinski definition) is 2. The lowest BCUT2D eigenvalue weighted by Gasteiger charge is -2.29. The number of para-hydroxylation sites is 1. The highest BCUT2D eigenvalue weighted by atomic mass is 35.5. The summed E-state index contributed by atoms with van der Waals surface area (Å²) in [6.45, 7) is 3.01. The molecule has 1 atom stereocenters. The number of nitrogens with one attached hydrogen (secondary N) is 2. The number of ether oxygens (including phenoxy) is 1. The van der Waals surface area contributed by atoms with Crippen LogP contribution >= 0.6 is 11.6 Å². The molecule has 4 aromatic rings. The number of nitrogens with zero attached hydrogens (tertiary/aromatic N) is 4. The van der Waals surface area contributed by atoms with Gasteiger partial charge in [-0.25, -0.2) is 0 Å². The molecule has 6 rings (SSSR count). The topological polar surface area (TPSA) is 105 Å². The molecule has 1 saturated heterocycles. The summed E-state index contributed by atoms with van der Waals surface area (Å²) in [7, 11) is 0. The van der Waals surface area contributed by atoms with Crippen LogP contribution in [0.4, 0.5) is 17.4 Å². The molecule has 1 fully saturated rings. The molecule has 2 N–H and O–H groups in total. The van der Waals surface area contributed by atoms with E-state index in [9.17, 15) is 4.79 Å². The van der Waals surface area contributed by atoms with Gasteiger partial charge >= 0.3 is 6.01 Å². The molecule has 0 bridgehead atoms. The van der Waals surface area contributed by atoms with Crippen LogP contribution in [0.25, 0.3) is 11.5 Å². The van der Waals surface area contributed by atoms with Crippen LogP contribution in [-0.4, -0.2) is 54.3 Å². The van der Waals surface area contributed by atoms with Crippen molar-refractivity contribution in [2.75, 3.05) is 41.8 Å². The van der Waals surface area contributed by atoms with Crippen molar-refractivity contribution in [2.24, 2.45) is 4.99 Å². The van der Waals surface area contributed by atoms with E-state index in [1.165, 1.54) is 0 Å². The van der Waals surface area contributed by atoms with E-state index < -0.39 is 6.17 Å². The second kappa shape index (κ2) is 10.6. The fourth-order valence-corrected chi connectivity index (χ4v) is 4.84. The molecule has 0 radical (unpaired) electrons. The van der Waals surface area contributed by atoms with Crippen LogP contribution in [0.1, 0.15) is 17.5 Å². The molecular formula is C28H25ClN6O3. The highest BCUT2D eigenvalue weighted by Crippen LogP contribution is 2.32. The average molecular weight is 529 g/mol. The SMILES string of the molecule is O=C1CC(Nc2nnc(-c3ccc(N4CCOCC4)cc3Cl)o2)/N=C(/c2ccccc2)c2ccccc2N1. The Hall–Kier alpha value is -4.21. The number of rotatable bonds is 5. The molecule has 1 amide bonds. The van der Waals surface area contributed by atoms with E-state index in [1.807, 2.05) is 72.8 Å². The minimum atomic E-state index is -0.633. The molecule has 3 aromatic carbocycles. The third-order valence-electron chi connectivity index (χ3n) is 6.44. The third-order valence-corrected chi connectivity index (χ3v) is 6.75. The van der Waals surface area contributed by atoms with E-state index in [-0.39, 0.29) is 24.2 Å². The highest BCUT2D eigenvalue weighted by molar-refractivity contribution is 6.33. The first kappa shape index (κ1) is 24.1. The summed E-state index contributed by atoms with van der Waals surface area (Å²) >= 11 is 6.60. The standard InChI is InChI=1S/C28H25ClN6O3/c29-22-16-19(35-12-14-37-15-13-35)10-11-20(22)27-33-34-28(38-27)32-24-17-25(36)30-23-9-5-4-8-21(23)26(31-24)18-6-2-1-3-7-18/h1-11,16,24H,12-15,17H2,(H,30,36)(H,32,34)/b31-26-. The molecule has 1 aromatic heterocycles.